The topological polar surface area (TPSA) is 60.7 Å². The van der Waals surface area contributed by atoms with Crippen LogP contribution in [0.3, 0.4) is 0 Å². The van der Waals surface area contributed by atoms with E-state index in [0.29, 0.717) is 19.0 Å². The zero-order valence-corrected chi connectivity index (χ0v) is 10.3. The van der Waals surface area contributed by atoms with Gasteiger partial charge in [0.1, 0.15) is 5.76 Å². The lowest BCUT2D eigenvalue weighted by molar-refractivity contribution is 0.215. The van der Waals surface area contributed by atoms with Gasteiger partial charge in [0.15, 0.2) is 0 Å². The Balaban J connectivity index is 2.53. The van der Waals surface area contributed by atoms with Crippen LogP contribution in [0.25, 0.3) is 6.08 Å². The number of rotatable bonds is 7. The first kappa shape index (κ1) is 13.0. The fourth-order valence-corrected chi connectivity index (χ4v) is 2.21. The van der Waals surface area contributed by atoms with Crippen LogP contribution >= 0.6 is 7.75 Å². The van der Waals surface area contributed by atoms with E-state index in [4.69, 9.17) is 13.5 Å². The Morgan fingerprint density at radius 3 is 2.62 bits per heavy atom. The Kier molecular flexibility index (Phi) is 5.32. The average molecular weight is 245 g/mol. The second kappa shape index (κ2) is 6.53. The zero-order valence-electron chi connectivity index (χ0n) is 9.38. The lowest BCUT2D eigenvalue weighted by Crippen LogP contribution is -2.08. The van der Waals surface area contributed by atoms with Gasteiger partial charge in [-0.25, -0.2) is 4.57 Å². The molecule has 1 heterocycles. The Morgan fingerprint density at radius 2 is 2.12 bits per heavy atom. The minimum absolute atomic E-state index is 0.318. The predicted molar refractivity (Wildman–Crippen MR) is 61.7 cm³/mol. The molecule has 16 heavy (non-hydrogen) atoms. The first-order valence-electron chi connectivity index (χ1n) is 5.07. The first-order chi connectivity index (χ1) is 7.70. The molecule has 0 aliphatic carbocycles. The van der Waals surface area contributed by atoms with Crippen molar-refractivity contribution >= 4 is 13.8 Å². The van der Waals surface area contributed by atoms with Gasteiger partial charge in [-0.15, -0.1) is 0 Å². The Bertz CT molecular complexity index is 351. The van der Waals surface area contributed by atoms with Gasteiger partial charge in [0, 0.05) is 6.20 Å². The largest absolute Gasteiger partial charge is 0.465 e. The van der Waals surface area contributed by atoms with Gasteiger partial charge >= 0.3 is 7.75 Å². The van der Waals surface area contributed by atoms with Crippen LogP contribution in [0.15, 0.2) is 29.0 Å². The van der Waals surface area contributed by atoms with Gasteiger partial charge in [-0.05, 0) is 32.1 Å². The summed E-state index contributed by atoms with van der Waals surface area (Å²) in [7, 11) is -3.22. The fourth-order valence-electron chi connectivity index (χ4n) is 1.05. The van der Waals surface area contributed by atoms with Crippen molar-refractivity contribution in [3.8, 4) is 0 Å². The smallest absolute Gasteiger partial charge is 0.432 e. The van der Waals surface area contributed by atoms with Gasteiger partial charge < -0.3 is 4.42 Å². The lowest BCUT2D eigenvalue weighted by Gasteiger charge is -2.15. The van der Waals surface area contributed by atoms with E-state index < -0.39 is 7.75 Å². The minimum Gasteiger partial charge on any atom is -0.465 e. The maximum absolute atomic E-state index is 11.9. The highest BCUT2D eigenvalue weighted by atomic mass is 31.2. The SMILES string of the molecule is CCOP(=O)(N/C=C/c1ccco1)OCC. The summed E-state index contributed by atoms with van der Waals surface area (Å²) >= 11 is 0. The van der Waals surface area contributed by atoms with Crippen LogP contribution in [0.4, 0.5) is 0 Å². The van der Waals surface area contributed by atoms with Gasteiger partial charge in [-0.1, -0.05) is 0 Å². The van der Waals surface area contributed by atoms with E-state index in [9.17, 15) is 4.57 Å². The minimum atomic E-state index is -3.22. The molecule has 1 rings (SSSR count). The van der Waals surface area contributed by atoms with Crippen LogP contribution in [-0.4, -0.2) is 13.2 Å². The molecule has 6 heteroatoms. The Hall–Kier alpha value is -1.03. The molecule has 5 nitrogen and oxygen atoms in total. The first-order valence-corrected chi connectivity index (χ1v) is 6.61. The summed E-state index contributed by atoms with van der Waals surface area (Å²) in [6, 6.07) is 3.55. The molecule has 0 unspecified atom stereocenters. The van der Waals surface area contributed by atoms with E-state index in [1.54, 1.807) is 38.3 Å². The summed E-state index contributed by atoms with van der Waals surface area (Å²) in [5.74, 6) is 0.659. The van der Waals surface area contributed by atoms with Crippen molar-refractivity contribution in [2.24, 2.45) is 0 Å². The normalized spacial score (nSPS) is 12.1. The van der Waals surface area contributed by atoms with E-state index >= 15 is 0 Å². The average Bonchev–Trinajstić information content (AvgIpc) is 2.71. The molecule has 90 valence electrons. The Morgan fingerprint density at radius 1 is 1.44 bits per heavy atom. The zero-order chi connectivity index (χ0) is 11.9. The monoisotopic (exact) mass is 245 g/mol. The number of hydrogen-bond donors (Lipinski definition) is 1. The van der Waals surface area contributed by atoms with Gasteiger partial charge in [-0.3, -0.25) is 14.1 Å². The Labute approximate surface area is 95.0 Å². The maximum Gasteiger partial charge on any atom is 0.432 e. The van der Waals surface area contributed by atoms with Crippen LogP contribution in [0.1, 0.15) is 19.6 Å². The van der Waals surface area contributed by atoms with E-state index in [0.717, 1.165) is 0 Å². The molecule has 0 amide bonds. The lowest BCUT2D eigenvalue weighted by atomic mass is 10.4. The molecule has 0 fully saturated rings. The molecular formula is C10H16NO4P. The van der Waals surface area contributed by atoms with Crippen molar-refractivity contribution in [2.45, 2.75) is 13.8 Å². The van der Waals surface area contributed by atoms with Crippen molar-refractivity contribution < 1.29 is 18.0 Å². The van der Waals surface area contributed by atoms with E-state index in [1.807, 2.05) is 0 Å². The highest BCUT2D eigenvalue weighted by molar-refractivity contribution is 7.51. The summed E-state index contributed by atoms with van der Waals surface area (Å²) in [5, 5.41) is 2.61. The molecule has 0 radical (unpaired) electrons. The maximum atomic E-state index is 11.9. The van der Waals surface area contributed by atoms with Gasteiger partial charge in [0.25, 0.3) is 0 Å². The molecule has 0 saturated carbocycles. The highest BCUT2D eigenvalue weighted by Crippen LogP contribution is 2.43. The summed E-state index contributed by atoms with van der Waals surface area (Å²) in [5.41, 5.74) is 0. The van der Waals surface area contributed by atoms with E-state index in [-0.39, 0.29) is 0 Å². The predicted octanol–water partition coefficient (Wildman–Crippen LogP) is 3.02. The molecule has 0 aliphatic rings. The summed E-state index contributed by atoms with van der Waals surface area (Å²) in [6.45, 7) is 4.14. The van der Waals surface area contributed by atoms with Crippen molar-refractivity contribution in [2.75, 3.05) is 13.2 Å². The van der Waals surface area contributed by atoms with Crippen LogP contribution in [0.2, 0.25) is 0 Å². The van der Waals surface area contributed by atoms with E-state index in [2.05, 4.69) is 5.09 Å². The molecule has 0 atom stereocenters. The molecule has 1 N–H and O–H groups in total. The van der Waals surface area contributed by atoms with Crippen LogP contribution < -0.4 is 5.09 Å². The molecule has 1 aromatic heterocycles. The molecule has 0 aliphatic heterocycles. The summed E-state index contributed by atoms with van der Waals surface area (Å²) < 4.78 is 27.0. The van der Waals surface area contributed by atoms with Gasteiger partial charge in [0.2, 0.25) is 0 Å². The third-order valence-corrected chi connectivity index (χ3v) is 3.28. The molecule has 0 spiro atoms. The van der Waals surface area contributed by atoms with Crippen molar-refractivity contribution in [1.82, 2.24) is 5.09 Å². The number of nitrogens with one attached hydrogen (secondary N) is 1. The number of furan rings is 1. The van der Waals surface area contributed by atoms with E-state index in [1.165, 1.54) is 6.20 Å². The van der Waals surface area contributed by atoms with Crippen LogP contribution in [0.5, 0.6) is 0 Å². The third-order valence-electron chi connectivity index (χ3n) is 1.62. The standard InChI is InChI=1S/C10H16NO4P/c1-3-14-16(12,15-4-2)11-8-7-10-6-5-9-13-10/h5-9H,3-4H2,1-2H3,(H,11,12)/b8-7+. The van der Waals surface area contributed by atoms with Crippen molar-refractivity contribution in [3.05, 3.63) is 30.4 Å². The summed E-state index contributed by atoms with van der Waals surface area (Å²) in [6.07, 6.45) is 4.69. The third kappa shape index (κ3) is 4.23. The quantitative estimate of drug-likeness (QED) is 0.748. The fraction of sp³-hybridized carbons (Fsp3) is 0.400. The van der Waals surface area contributed by atoms with Crippen molar-refractivity contribution in [1.29, 1.82) is 0 Å². The van der Waals surface area contributed by atoms with Crippen LogP contribution in [-0.2, 0) is 13.6 Å². The summed E-state index contributed by atoms with van der Waals surface area (Å²) in [4.78, 5) is 0. The van der Waals surface area contributed by atoms with Crippen LogP contribution in [0, 0.1) is 0 Å². The molecule has 0 aromatic carbocycles. The molecule has 0 saturated heterocycles. The molecule has 0 bridgehead atoms. The van der Waals surface area contributed by atoms with Gasteiger partial charge in [-0.2, -0.15) is 0 Å². The highest BCUT2D eigenvalue weighted by Gasteiger charge is 2.20. The second-order valence-corrected chi connectivity index (χ2v) is 4.58. The molecular weight excluding hydrogens is 229 g/mol. The van der Waals surface area contributed by atoms with Crippen molar-refractivity contribution in [3.63, 3.8) is 0 Å². The molecule has 1 aromatic rings. The second-order valence-electron chi connectivity index (χ2n) is 2.81. The van der Waals surface area contributed by atoms with Gasteiger partial charge in [0.05, 0.1) is 19.5 Å². The number of hydrogen-bond acceptors (Lipinski definition) is 4.